The monoisotopic (exact) mass is 290 g/mol. The van der Waals surface area contributed by atoms with E-state index in [1.807, 2.05) is 6.07 Å². The molecule has 0 saturated carbocycles. The first-order valence-electron chi connectivity index (χ1n) is 6.35. The van der Waals surface area contributed by atoms with E-state index in [0.29, 0.717) is 0 Å². The topological polar surface area (TPSA) is 24.5 Å². The predicted octanol–water partition coefficient (Wildman–Crippen LogP) is 2.85. The van der Waals surface area contributed by atoms with E-state index in [0.717, 1.165) is 37.1 Å². The molecule has 0 fully saturated rings. The van der Waals surface area contributed by atoms with Gasteiger partial charge in [-0.15, -0.1) is 11.3 Å². The molecule has 0 radical (unpaired) electrons. The third-order valence-corrected chi connectivity index (χ3v) is 3.90. The van der Waals surface area contributed by atoms with Gasteiger partial charge < -0.3 is 15.0 Å². The average molecular weight is 291 g/mol. The quantitative estimate of drug-likeness (QED) is 0.671. The van der Waals surface area contributed by atoms with Gasteiger partial charge in [-0.05, 0) is 45.1 Å². The molecule has 0 saturated heterocycles. The standard InChI is InChI=1S/C13H23ClN2OS/c1-16(11-12-5-6-13(14)18-12)9-4-3-7-15-8-10-17-2/h5-6,15H,3-4,7-11H2,1-2H3. The minimum absolute atomic E-state index is 0.791. The van der Waals surface area contributed by atoms with Gasteiger partial charge in [0.1, 0.15) is 0 Å². The fourth-order valence-electron chi connectivity index (χ4n) is 1.71. The Balaban J connectivity index is 1.98. The molecule has 0 bridgehead atoms. The van der Waals surface area contributed by atoms with Crippen LogP contribution in [-0.2, 0) is 11.3 Å². The van der Waals surface area contributed by atoms with Crippen LogP contribution in [0.2, 0.25) is 4.34 Å². The van der Waals surface area contributed by atoms with E-state index < -0.39 is 0 Å². The molecule has 1 aromatic heterocycles. The fourth-order valence-corrected chi connectivity index (χ4v) is 2.88. The molecular weight excluding hydrogens is 268 g/mol. The van der Waals surface area contributed by atoms with Crippen LogP contribution >= 0.6 is 22.9 Å². The van der Waals surface area contributed by atoms with Crippen LogP contribution in [0.5, 0.6) is 0 Å². The molecule has 0 spiro atoms. The van der Waals surface area contributed by atoms with Gasteiger partial charge in [-0.1, -0.05) is 11.6 Å². The van der Waals surface area contributed by atoms with Crippen LogP contribution in [0.25, 0.3) is 0 Å². The minimum Gasteiger partial charge on any atom is -0.383 e. The Morgan fingerprint density at radius 2 is 2.17 bits per heavy atom. The minimum atomic E-state index is 0.791. The van der Waals surface area contributed by atoms with Gasteiger partial charge in [-0.3, -0.25) is 0 Å². The van der Waals surface area contributed by atoms with E-state index in [1.165, 1.54) is 17.7 Å². The summed E-state index contributed by atoms with van der Waals surface area (Å²) in [5.74, 6) is 0. The summed E-state index contributed by atoms with van der Waals surface area (Å²) >= 11 is 7.58. The third kappa shape index (κ3) is 7.34. The molecule has 0 atom stereocenters. The van der Waals surface area contributed by atoms with Crippen LogP contribution in [0.1, 0.15) is 17.7 Å². The molecule has 104 valence electrons. The lowest BCUT2D eigenvalue weighted by atomic mass is 10.3. The highest BCUT2D eigenvalue weighted by atomic mass is 35.5. The summed E-state index contributed by atoms with van der Waals surface area (Å²) in [4.78, 5) is 3.68. The molecule has 0 aliphatic heterocycles. The van der Waals surface area contributed by atoms with Gasteiger partial charge in [-0.25, -0.2) is 0 Å². The Morgan fingerprint density at radius 1 is 1.33 bits per heavy atom. The molecule has 0 aromatic carbocycles. The average Bonchev–Trinajstić information content (AvgIpc) is 2.73. The number of hydrogen-bond acceptors (Lipinski definition) is 4. The maximum atomic E-state index is 5.91. The largest absolute Gasteiger partial charge is 0.383 e. The molecule has 0 unspecified atom stereocenters. The number of rotatable bonds is 10. The van der Waals surface area contributed by atoms with E-state index >= 15 is 0 Å². The van der Waals surface area contributed by atoms with Crippen molar-refractivity contribution < 1.29 is 4.74 Å². The van der Waals surface area contributed by atoms with Crippen molar-refractivity contribution in [3.8, 4) is 0 Å². The van der Waals surface area contributed by atoms with Gasteiger partial charge in [0.2, 0.25) is 0 Å². The highest BCUT2D eigenvalue weighted by Crippen LogP contribution is 2.22. The third-order valence-electron chi connectivity index (χ3n) is 2.68. The number of ether oxygens (including phenoxy) is 1. The maximum Gasteiger partial charge on any atom is 0.0931 e. The zero-order valence-corrected chi connectivity index (χ0v) is 12.8. The Hall–Kier alpha value is -0.130. The first-order chi connectivity index (χ1) is 8.72. The summed E-state index contributed by atoms with van der Waals surface area (Å²) in [5, 5.41) is 3.35. The van der Waals surface area contributed by atoms with Crippen molar-refractivity contribution in [2.75, 3.05) is 40.4 Å². The highest BCUT2D eigenvalue weighted by Gasteiger charge is 2.02. The molecule has 1 heterocycles. The summed E-state index contributed by atoms with van der Waals surface area (Å²) < 4.78 is 5.85. The van der Waals surface area contributed by atoms with Gasteiger partial charge in [0.05, 0.1) is 10.9 Å². The molecular formula is C13H23ClN2OS. The number of unbranched alkanes of at least 4 members (excludes halogenated alkanes) is 1. The van der Waals surface area contributed by atoms with E-state index in [9.17, 15) is 0 Å². The summed E-state index contributed by atoms with van der Waals surface area (Å²) in [5.41, 5.74) is 0. The molecule has 3 nitrogen and oxygen atoms in total. The molecule has 0 aliphatic carbocycles. The number of halogens is 1. The summed E-state index contributed by atoms with van der Waals surface area (Å²) in [6.45, 7) is 4.93. The number of methoxy groups -OCH3 is 1. The van der Waals surface area contributed by atoms with Crippen molar-refractivity contribution >= 4 is 22.9 Å². The van der Waals surface area contributed by atoms with Crippen LogP contribution in [0.4, 0.5) is 0 Å². The van der Waals surface area contributed by atoms with Gasteiger partial charge in [0, 0.05) is 25.1 Å². The lowest BCUT2D eigenvalue weighted by molar-refractivity contribution is 0.199. The molecule has 1 rings (SSSR count). The molecule has 1 N–H and O–H groups in total. The van der Waals surface area contributed by atoms with Crippen molar-refractivity contribution in [1.29, 1.82) is 0 Å². The molecule has 0 aliphatic rings. The van der Waals surface area contributed by atoms with E-state index in [2.05, 4.69) is 23.3 Å². The predicted molar refractivity (Wildman–Crippen MR) is 79.6 cm³/mol. The summed E-state index contributed by atoms with van der Waals surface area (Å²) in [6, 6.07) is 4.07. The SMILES string of the molecule is COCCNCCCCN(C)Cc1ccc(Cl)s1. The number of thiophene rings is 1. The van der Waals surface area contributed by atoms with Gasteiger partial charge in [-0.2, -0.15) is 0 Å². The second kappa shape index (κ2) is 9.75. The number of nitrogens with zero attached hydrogens (tertiary/aromatic N) is 1. The Bertz CT molecular complexity index is 320. The zero-order chi connectivity index (χ0) is 13.2. The van der Waals surface area contributed by atoms with Crippen molar-refractivity contribution in [3.63, 3.8) is 0 Å². The van der Waals surface area contributed by atoms with Gasteiger partial charge >= 0.3 is 0 Å². The lowest BCUT2D eigenvalue weighted by Gasteiger charge is -2.15. The van der Waals surface area contributed by atoms with Crippen LogP contribution in [-0.4, -0.2) is 45.3 Å². The zero-order valence-electron chi connectivity index (χ0n) is 11.2. The molecule has 1 aromatic rings. The normalized spacial score (nSPS) is 11.3. The lowest BCUT2D eigenvalue weighted by Crippen LogP contribution is -2.22. The van der Waals surface area contributed by atoms with Gasteiger partial charge in [0.25, 0.3) is 0 Å². The van der Waals surface area contributed by atoms with E-state index in [4.69, 9.17) is 16.3 Å². The van der Waals surface area contributed by atoms with E-state index in [1.54, 1.807) is 18.4 Å². The maximum absolute atomic E-state index is 5.91. The van der Waals surface area contributed by atoms with Crippen molar-refractivity contribution in [3.05, 3.63) is 21.3 Å². The second-order valence-electron chi connectivity index (χ2n) is 4.39. The smallest absolute Gasteiger partial charge is 0.0931 e. The Morgan fingerprint density at radius 3 is 2.83 bits per heavy atom. The number of nitrogens with one attached hydrogen (secondary N) is 1. The van der Waals surface area contributed by atoms with Crippen LogP contribution in [0.3, 0.4) is 0 Å². The van der Waals surface area contributed by atoms with Crippen LogP contribution in [0.15, 0.2) is 12.1 Å². The Kier molecular flexibility index (Phi) is 8.63. The van der Waals surface area contributed by atoms with Crippen molar-refractivity contribution in [1.82, 2.24) is 10.2 Å². The molecule has 5 heteroatoms. The first-order valence-corrected chi connectivity index (χ1v) is 7.54. The fraction of sp³-hybridized carbons (Fsp3) is 0.692. The second-order valence-corrected chi connectivity index (χ2v) is 6.19. The van der Waals surface area contributed by atoms with Crippen LogP contribution in [0, 0.1) is 0 Å². The summed E-state index contributed by atoms with van der Waals surface area (Å²) in [7, 11) is 3.89. The summed E-state index contributed by atoms with van der Waals surface area (Å²) in [6.07, 6.45) is 2.43. The highest BCUT2D eigenvalue weighted by molar-refractivity contribution is 7.16. The first kappa shape index (κ1) is 15.9. The van der Waals surface area contributed by atoms with Gasteiger partial charge in [0.15, 0.2) is 0 Å². The molecule has 0 amide bonds. The number of hydrogen-bond donors (Lipinski definition) is 1. The van der Waals surface area contributed by atoms with E-state index in [-0.39, 0.29) is 0 Å². The van der Waals surface area contributed by atoms with Crippen LogP contribution < -0.4 is 5.32 Å². The van der Waals surface area contributed by atoms with Crippen molar-refractivity contribution in [2.24, 2.45) is 0 Å². The Labute approximate surface area is 119 Å². The van der Waals surface area contributed by atoms with Crippen molar-refractivity contribution in [2.45, 2.75) is 19.4 Å². The molecule has 18 heavy (non-hydrogen) atoms.